The van der Waals surface area contributed by atoms with Crippen molar-refractivity contribution in [3.05, 3.63) is 17.6 Å². The van der Waals surface area contributed by atoms with E-state index in [-0.39, 0.29) is 47.3 Å². The number of carbonyl (C=O) groups excluding carboxylic acids is 1. The standard InChI is InChI=1S/C15H24N2O5S.ClH/c1-3-12-14(8-13(22-12)15(18)21-2)23(19,20)17-11(9-16)10-6-4-5-7-10;/h8,10-11,17H,3-7,9,16H2,1-2H3;1H. The second-order valence-electron chi connectivity index (χ2n) is 5.75. The average Bonchev–Trinajstić information content (AvgIpc) is 3.21. The number of hydrogen-bond donors (Lipinski definition) is 2. The lowest BCUT2D eigenvalue weighted by Gasteiger charge is -2.22. The first-order valence-corrected chi connectivity index (χ1v) is 9.34. The van der Waals surface area contributed by atoms with Gasteiger partial charge in [-0.05, 0) is 18.8 Å². The fraction of sp³-hybridized carbons (Fsp3) is 0.667. The van der Waals surface area contributed by atoms with Gasteiger partial charge in [-0.3, -0.25) is 0 Å². The summed E-state index contributed by atoms with van der Waals surface area (Å²) >= 11 is 0. The van der Waals surface area contributed by atoms with Crippen LogP contribution in [0.4, 0.5) is 0 Å². The summed E-state index contributed by atoms with van der Waals surface area (Å²) in [7, 11) is -2.59. The fourth-order valence-electron chi connectivity index (χ4n) is 3.05. The minimum Gasteiger partial charge on any atom is -0.463 e. The molecule has 0 saturated heterocycles. The quantitative estimate of drug-likeness (QED) is 0.698. The van der Waals surface area contributed by atoms with Crippen LogP contribution in [0.5, 0.6) is 0 Å². The van der Waals surface area contributed by atoms with Gasteiger partial charge >= 0.3 is 5.97 Å². The third-order valence-corrected chi connectivity index (χ3v) is 5.83. The van der Waals surface area contributed by atoms with Crippen molar-refractivity contribution in [1.82, 2.24) is 4.72 Å². The van der Waals surface area contributed by atoms with Gasteiger partial charge in [0.05, 0.1) is 7.11 Å². The molecule has 9 heteroatoms. The summed E-state index contributed by atoms with van der Waals surface area (Å²) < 4.78 is 37.9. The van der Waals surface area contributed by atoms with Crippen molar-refractivity contribution in [1.29, 1.82) is 0 Å². The molecule has 0 amide bonds. The molecule has 1 fully saturated rings. The minimum absolute atomic E-state index is 0. The lowest BCUT2D eigenvalue weighted by atomic mass is 9.99. The molecule has 1 aromatic rings. The van der Waals surface area contributed by atoms with Crippen LogP contribution in [-0.4, -0.2) is 34.1 Å². The van der Waals surface area contributed by atoms with Gasteiger partial charge in [0.1, 0.15) is 10.7 Å². The lowest BCUT2D eigenvalue weighted by molar-refractivity contribution is 0.0563. The summed E-state index contributed by atoms with van der Waals surface area (Å²) in [4.78, 5) is 11.5. The first-order chi connectivity index (χ1) is 10.9. The van der Waals surface area contributed by atoms with Crippen molar-refractivity contribution in [2.75, 3.05) is 13.7 Å². The number of ether oxygens (including phenoxy) is 1. The summed E-state index contributed by atoms with van der Waals surface area (Å²) in [6.07, 6.45) is 4.50. The van der Waals surface area contributed by atoms with Gasteiger partial charge in [-0.2, -0.15) is 0 Å². The predicted octanol–water partition coefficient (Wildman–Crippen LogP) is 1.85. The molecule has 1 atom stereocenters. The largest absolute Gasteiger partial charge is 0.463 e. The highest BCUT2D eigenvalue weighted by molar-refractivity contribution is 7.89. The van der Waals surface area contributed by atoms with Gasteiger partial charge in [0.15, 0.2) is 0 Å². The molecule has 24 heavy (non-hydrogen) atoms. The molecule has 0 aliphatic heterocycles. The highest BCUT2D eigenvalue weighted by Crippen LogP contribution is 2.29. The van der Waals surface area contributed by atoms with Gasteiger partial charge in [-0.15, -0.1) is 12.4 Å². The maximum absolute atomic E-state index is 12.7. The highest BCUT2D eigenvalue weighted by atomic mass is 35.5. The summed E-state index contributed by atoms with van der Waals surface area (Å²) in [5.41, 5.74) is 5.76. The summed E-state index contributed by atoms with van der Waals surface area (Å²) in [5.74, 6) is -0.325. The number of rotatable bonds is 7. The van der Waals surface area contributed by atoms with Gasteiger partial charge in [-0.1, -0.05) is 19.8 Å². The maximum Gasteiger partial charge on any atom is 0.373 e. The van der Waals surface area contributed by atoms with Crippen LogP contribution in [0.1, 0.15) is 48.9 Å². The number of carbonyl (C=O) groups is 1. The Morgan fingerprint density at radius 3 is 2.58 bits per heavy atom. The molecule has 0 spiro atoms. The molecule has 0 radical (unpaired) electrons. The number of nitrogens with one attached hydrogen (secondary N) is 1. The molecule has 0 aromatic carbocycles. The summed E-state index contributed by atoms with van der Waals surface area (Å²) in [6.45, 7) is 2.00. The molecule has 1 heterocycles. The van der Waals surface area contributed by atoms with E-state index in [9.17, 15) is 13.2 Å². The Morgan fingerprint density at radius 1 is 1.46 bits per heavy atom. The number of methoxy groups -OCH3 is 1. The van der Waals surface area contributed by atoms with E-state index in [0.717, 1.165) is 25.7 Å². The lowest BCUT2D eigenvalue weighted by Crippen LogP contribution is -2.44. The van der Waals surface area contributed by atoms with Crippen LogP contribution in [0.3, 0.4) is 0 Å². The molecule has 3 N–H and O–H groups in total. The van der Waals surface area contributed by atoms with Crippen LogP contribution in [0.25, 0.3) is 0 Å². The Morgan fingerprint density at radius 2 is 2.08 bits per heavy atom. The Labute approximate surface area is 148 Å². The normalized spacial score (nSPS) is 16.6. The van der Waals surface area contributed by atoms with E-state index < -0.39 is 16.0 Å². The molecule has 1 unspecified atom stereocenters. The fourth-order valence-corrected chi connectivity index (χ4v) is 4.61. The van der Waals surface area contributed by atoms with Crippen LogP contribution in [0.15, 0.2) is 15.4 Å². The zero-order valence-electron chi connectivity index (χ0n) is 13.9. The van der Waals surface area contributed by atoms with Gasteiger partial charge in [0, 0.05) is 25.1 Å². The average molecular weight is 381 g/mol. The number of hydrogen-bond acceptors (Lipinski definition) is 6. The van der Waals surface area contributed by atoms with Crippen LogP contribution in [0, 0.1) is 5.92 Å². The third kappa shape index (κ3) is 4.50. The number of aryl methyl sites for hydroxylation is 1. The van der Waals surface area contributed by atoms with E-state index in [1.54, 1.807) is 6.92 Å². The number of sulfonamides is 1. The van der Waals surface area contributed by atoms with E-state index in [1.807, 2.05) is 0 Å². The topological polar surface area (TPSA) is 112 Å². The minimum atomic E-state index is -3.80. The first kappa shape index (κ1) is 21.0. The zero-order chi connectivity index (χ0) is 17.0. The Hall–Kier alpha value is -1.09. The Balaban J connectivity index is 0.00000288. The highest BCUT2D eigenvalue weighted by Gasteiger charge is 2.31. The smallest absolute Gasteiger partial charge is 0.373 e. The Kier molecular flexibility index (Phi) is 7.72. The van der Waals surface area contributed by atoms with Crippen molar-refractivity contribution in [3.8, 4) is 0 Å². The summed E-state index contributed by atoms with van der Waals surface area (Å²) in [5, 5.41) is 0. The van der Waals surface area contributed by atoms with Crippen molar-refractivity contribution in [3.63, 3.8) is 0 Å². The molecule has 1 saturated carbocycles. The van der Waals surface area contributed by atoms with Gasteiger partial charge in [0.2, 0.25) is 15.8 Å². The molecule has 7 nitrogen and oxygen atoms in total. The molecule has 1 aliphatic carbocycles. The first-order valence-electron chi connectivity index (χ1n) is 7.86. The SMILES string of the molecule is CCc1oc(C(=O)OC)cc1S(=O)(=O)NC(CN)C1CCCC1.Cl. The molecule has 2 rings (SSSR count). The molecule has 1 aliphatic rings. The van der Waals surface area contributed by atoms with E-state index in [2.05, 4.69) is 9.46 Å². The number of esters is 1. The van der Waals surface area contributed by atoms with Gasteiger partial charge in [0.25, 0.3) is 0 Å². The van der Waals surface area contributed by atoms with Gasteiger partial charge < -0.3 is 14.9 Å². The van der Waals surface area contributed by atoms with Crippen molar-refractivity contribution >= 4 is 28.4 Å². The van der Waals surface area contributed by atoms with Crippen molar-refractivity contribution in [2.45, 2.75) is 50.0 Å². The van der Waals surface area contributed by atoms with Crippen LogP contribution < -0.4 is 10.5 Å². The number of halogens is 1. The zero-order valence-corrected chi connectivity index (χ0v) is 15.5. The van der Waals surface area contributed by atoms with E-state index in [0.29, 0.717) is 6.42 Å². The second kappa shape index (κ2) is 8.84. The van der Waals surface area contributed by atoms with Crippen LogP contribution >= 0.6 is 12.4 Å². The van der Waals surface area contributed by atoms with Crippen LogP contribution in [-0.2, 0) is 21.2 Å². The van der Waals surface area contributed by atoms with E-state index >= 15 is 0 Å². The molecule has 1 aromatic heterocycles. The number of nitrogens with two attached hydrogens (primary N) is 1. The van der Waals surface area contributed by atoms with E-state index in [4.69, 9.17) is 10.2 Å². The summed E-state index contributed by atoms with van der Waals surface area (Å²) in [6, 6.07) is 0.915. The predicted molar refractivity (Wildman–Crippen MR) is 91.8 cm³/mol. The molecular formula is C15H25ClN2O5S. The number of furan rings is 1. The van der Waals surface area contributed by atoms with E-state index in [1.165, 1.54) is 13.2 Å². The molecule has 138 valence electrons. The van der Waals surface area contributed by atoms with Crippen molar-refractivity contribution < 1.29 is 22.4 Å². The van der Waals surface area contributed by atoms with Crippen LogP contribution in [0.2, 0.25) is 0 Å². The monoisotopic (exact) mass is 380 g/mol. The van der Waals surface area contributed by atoms with Gasteiger partial charge in [-0.25, -0.2) is 17.9 Å². The van der Waals surface area contributed by atoms with Crippen molar-refractivity contribution in [2.24, 2.45) is 11.7 Å². The molecule has 0 bridgehead atoms. The molecular weight excluding hydrogens is 356 g/mol. The second-order valence-corrected chi connectivity index (χ2v) is 7.43. The maximum atomic E-state index is 12.7. The third-order valence-electron chi connectivity index (χ3n) is 4.30. The Bertz CT molecular complexity index is 653.